The van der Waals surface area contributed by atoms with Gasteiger partial charge >= 0.3 is 0 Å². The van der Waals surface area contributed by atoms with Crippen molar-refractivity contribution < 1.29 is 9.59 Å². The molecule has 0 heterocycles. The molecule has 26 heavy (non-hydrogen) atoms. The van der Waals surface area contributed by atoms with Gasteiger partial charge in [-0.2, -0.15) is 0 Å². The number of halogens is 2. The van der Waals surface area contributed by atoms with Crippen LogP contribution in [-0.4, -0.2) is 43.4 Å². The number of rotatable bonds is 8. The summed E-state index contributed by atoms with van der Waals surface area (Å²) in [5.41, 5.74) is 1.54. The fourth-order valence-electron chi connectivity index (χ4n) is 2.39. The van der Waals surface area contributed by atoms with E-state index >= 15 is 0 Å². The minimum Gasteiger partial charge on any atom is -0.355 e. The topological polar surface area (TPSA) is 61.4 Å². The first-order valence-electron chi connectivity index (χ1n) is 8.18. The molecule has 5 nitrogen and oxygen atoms in total. The highest BCUT2D eigenvalue weighted by Gasteiger charge is 2.13. The van der Waals surface area contributed by atoms with E-state index in [-0.39, 0.29) is 24.9 Å². The van der Waals surface area contributed by atoms with Crippen molar-refractivity contribution in [1.29, 1.82) is 0 Å². The molecule has 0 radical (unpaired) electrons. The van der Waals surface area contributed by atoms with Gasteiger partial charge in [-0.05, 0) is 31.2 Å². The summed E-state index contributed by atoms with van der Waals surface area (Å²) >= 11 is 12.1. The van der Waals surface area contributed by atoms with Gasteiger partial charge in [0, 0.05) is 6.54 Å². The third-order valence-electron chi connectivity index (χ3n) is 3.63. The number of likely N-dealkylation sites (N-methyl/N-ethyl adjacent to an activating group) is 1. The number of benzene rings is 2. The van der Waals surface area contributed by atoms with Crippen molar-refractivity contribution in [3.63, 3.8) is 0 Å². The molecule has 0 aliphatic rings. The highest BCUT2D eigenvalue weighted by Crippen LogP contribution is 2.29. The quantitative estimate of drug-likeness (QED) is 0.723. The first-order chi connectivity index (χ1) is 12.5. The number of nitrogens with one attached hydrogen (secondary N) is 2. The Bertz CT molecular complexity index is 733. The third-order valence-corrected chi connectivity index (χ3v) is 4.26. The predicted molar refractivity (Wildman–Crippen MR) is 106 cm³/mol. The summed E-state index contributed by atoms with van der Waals surface area (Å²) in [7, 11) is 1.70. The van der Waals surface area contributed by atoms with Crippen LogP contribution in [0.25, 0.3) is 0 Å². The Kier molecular flexibility index (Phi) is 7.91. The van der Waals surface area contributed by atoms with Gasteiger partial charge < -0.3 is 10.6 Å². The normalized spacial score (nSPS) is 10.6. The zero-order valence-electron chi connectivity index (χ0n) is 14.5. The summed E-state index contributed by atoms with van der Waals surface area (Å²) in [6, 6.07) is 14.9. The minimum absolute atomic E-state index is 0.0493. The summed E-state index contributed by atoms with van der Waals surface area (Å²) < 4.78 is 0. The largest absolute Gasteiger partial charge is 0.355 e. The van der Waals surface area contributed by atoms with Crippen LogP contribution in [0, 0.1) is 0 Å². The molecule has 0 bridgehead atoms. The molecule has 2 amide bonds. The van der Waals surface area contributed by atoms with Crippen LogP contribution in [0.5, 0.6) is 0 Å². The zero-order valence-corrected chi connectivity index (χ0v) is 16.0. The van der Waals surface area contributed by atoms with E-state index in [0.29, 0.717) is 22.3 Å². The average molecular weight is 394 g/mol. The maximum Gasteiger partial charge on any atom is 0.238 e. The van der Waals surface area contributed by atoms with Crippen LogP contribution in [0.1, 0.15) is 5.56 Å². The molecule has 0 aromatic heterocycles. The van der Waals surface area contributed by atoms with E-state index in [1.807, 2.05) is 30.3 Å². The van der Waals surface area contributed by atoms with Crippen molar-refractivity contribution in [2.45, 2.75) is 6.42 Å². The number of carbonyl (C=O) groups excluding carboxylic acids is 2. The van der Waals surface area contributed by atoms with Crippen LogP contribution >= 0.6 is 23.2 Å². The molecule has 0 unspecified atom stereocenters. The van der Waals surface area contributed by atoms with E-state index in [4.69, 9.17) is 23.2 Å². The van der Waals surface area contributed by atoms with Crippen molar-refractivity contribution in [1.82, 2.24) is 10.2 Å². The van der Waals surface area contributed by atoms with Crippen LogP contribution in [0.15, 0.2) is 48.5 Å². The molecule has 2 rings (SSSR count). The monoisotopic (exact) mass is 393 g/mol. The summed E-state index contributed by atoms with van der Waals surface area (Å²) in [4.78, 5) is 25.7. The van der Waals surface area contributed by atoms with Crippen molar-refractivity contribution in [2.75, 3.05) is 32.0 Å². The molecule has 0 atom stereocenters. The van der Waals surface area contributed by atoms with Crippen molar-refractivity contribution in [2.24, 2.45) is 0 Å². The number of hydrogen-bond acceptors (Lipinski definition) is 3. The Morgan fingerprint density at radius 3 is 2.19 bits per heavy atom. The maximum atomic E-state index is 12.1. The summed E-state index contributed by atoms with van der Waals surface area (Å²) in [5, 5.41) is 6.26. The van der Waals surface area contributed by atoms with Gasteiger partial charge in [-0.15, -0.1) is 0 Å². The van der Waals surface area contributed by atoms with Crippen LogP contribution in [0.2, 0.25) is 10.0 Å². The van der Waals surface area contributed by atoms with Gasteiger partial charge in [-0.25, -0.2) is 0 Å². The smallest absolute Gasteiger partial charge is 0.238 e. The van der Waals surface area contributed by atoms with Gasteiger partial charge in [0.1, 0.15) is 0 Å². The standard InChI is InChI=1S/C19H21Cl2N3O2/c1-24(12-17(25)22-11-10-14-6-3-2-4-7-14)13-18(26)23-19-15(20)8-5-9-16(19)21/h2-9H,10-13H2,1H3,(H,22,25)(H,23,26). The lowest BCUT2D eigenvalue weighted by atomic mass is 10.1. The predicted octanol–water partition coefficient (Wildman–Crippen LogP) is 3.22. The van der Waals surface area contributed by atoms with Gasteiger partial charge in [0.25, 0.3) is 0 Å². The molecule has 2 N–H and O–H groups in total. The summed E-state index contributed by atoms with van der Waals surface area (Å²) in [6.07, 6.45) is 0.766. The fourth-order valence-corrected chi connectivity index (χ4v) is 2.88. The van der Waals surface area contributed by atoms with E-state index in [9.17, 15) is 9.59 Å². The van der Waals surface area contributed by atoms with E-state index in [2.05, 4.69) is 10.6 Å². The molecule has 138 valence electrons. The van der Waals surface area contributed by atoms with E-state index < -0.39 is 0 Å². The average Bonchev–Trinajstić information content (AvgIpc) is 2.59. The van der Waals surface area contributed by atoms with Crippen molar-refractivity contribution >= 4 is 40.7 Å². The Balaban J connectivity index is 1.72. The molecular weight excluding hydrogens is 373 g/mol. The second-order valence-electron chi connectivity index (χ2n) is 5.90. The van der Waals surface area contributed by atoms with Gasteiger partial charge in [0.15, 0.2) is 0 Å². The zero-order chi connectivity index (χ0) is 18.9. The van der Waals surface area contributed by atoms with Crippen LogP contribution < -0.4 is 10.6 Å². The number of nitrogens with zero attached hydrogens (tertiary/aromatic N) is 1. The summed E-state index contributed by atoms with van der Waals surface area (Å²) in [6.45, 7) is 0.726. The molecule has 2 aromatic carbocycles. The highest BCUT2D eigenvalue weighted by molar-refractivity contribution is 6.39. The molecular formula is C19H21Cl2N3O2. The van der Waals surface area contributed by atoms with Crippen molar-refractivity contribution in [3.05, 3.63) is 64.1 Å². The van der Waals surface area contributed by atoms with Crippen LogP contribution in [-0.2, 0) is 16.0 Å². The van der Waals surface area contributed by atoms with E-state index in [1.165, 1.54) is 0 Å². The van der Waals surface area contributed by atoms with Gasteiger partial charge in [0.2, 0.25) is 11.8 Å². The Hall–Kier alpha value is -2.08. The Labute approximate surface area is 163 Å². The van der Waals surface area contributed by atoms with Crippen LogP contribution in [0.4, 0.5) is 5.69 Å². The first kappa shape index (κ1) is 20.2. The van der Waals surface area contributed by atoms with E-state index in [1.54, 1.807) is 30.1 Å². The van der Waals surface area contributed by atoms with E-state index in [0.717, 1.165) is 12.0 Å². The lowest BCUT2D eigenvalue weighted by Gasteiger charge is -2.16. The Morgan fingerprint density at radius 2 is 1.54 bits per heavy atom. The number of hydrogen-bond donors (Lipinski definition) is 2. The molecule has 0 spiro atoms. The molecule has 0 aliphatic carbocycles. The Morgan fingerprint density at radius 1 is 0.923 bits per heavy atom. The van der Waals surface area contributed by atoms with Gasteiger partial charge in [-0.3, -0.25) is 14.5 Å². The second kappa shape index (κ2) is 10.2. The lowest BCUT2D eigenvalue weighted by Crippen LogP contribution is -2.39. The van der Waals surface area contributed by atoms with Gasteiger partial charge in [0.05, 0.1) is 28.8 Å². The molecule has 0 saturated carbocycles. The number of amides is 2. The van der Waals surface area contributed by atoms with Crippen LogP contribution in [0.3, 0.4) is 0 Å². The third kappa shape index (κ3) is 6.67. The fraction of sp³-hybridized carbons (Fsp3) is 0.263. The first-order valence-corrected chi connectivity index (χ1v) is 8.94. The molecule has 0 saturated heterocycles. The SMILES string of the molecule is CN(CC(=O)NCCc1ccccc1)CC(=O)Nc1c(Cl)cccc1Cl. The lowest BCUT2D eigenvalue weighted by molar-refractivity contribution is -0.122. The minimum atomic E-state index is -0.292. The molecule has 0 fully saturated rings. The molecule has 7 heteroatoms. The number of anilines is 1. The molecule has 0 aliphatic heterocycles. The maximum absolute atomic E-state index is 12.1. The highest BCUT2D eigenvalue weighted by atomic mass is 35.5. The van der Waals surface area contributed by atoms with Gasteiger partial charge in [-0.1, -0.05) is 59.6 Å². The molecule has 2 aromatic rings. The second-order valence-corrected chi connectivity index (χ2v) is 6.72. The number of para-hydroxylation sites is 1. The summed E-state index contributed by atoms with van der Waals surface area (Å²) in [5.74, 6) is -0.424. The van der Waals surface area contributed by atoms with Crippen molar-refractivity contribution in [3.8, 4) is 0 Å². The number of carbonyl (C=O) groups is 2.